The van der Waals surface area contributed by atoms with Gasteiger partial charge in [0.2, 0.25) is 0 Å². The van der Waals surface area contributed by atoms with Crippen LogP contribution in [0.25, 0.3) is 10.4 Å². The Hall–Kier alpha value is -1.23. The SMILES string of the molecule is NC[C@H]1OCCCc2c(-c3cncs3)cccc21. The summed E-state index contributed by atoms with van der Waals surface area (Å²) in [7, 11) is 0. The van der Waals surface area contributed by atoms with E-state index in [4.69, 9.17) is 10.5 Å². The lowest BCUT2D eigenvalue weighted by atomic mass is 9.94. The van der Waals surface area contributed by atoms with Crippen molar-refractivity contribution in [2.24, 2.45) is 5.73 Å². The molecule has 1 aliphatic rings. The molecule has 1 atom stereocenters. The lowest BCUT2D eigenvalue weighted by Gasteiger charge is -2.17. The van der Waals surface area contributed by atoms with Crippen LogP contribution in [0.1, 0.15) is 23.7 Å². The summed E-state index contributed by atoms with van der Waals surface area (Å²) in [5.41, 5.74) is 11.6. The van der Waals surface area contributed by atoms with Gasteiger partial charge >= 0.3 is 0 Å². The van der Waals surface area contributed by atoms with E-state index in [0.717, 1.165) is 19.4 Å². The molecule has 2 aromatic rings. The largest absolute Gasteiger partial charge is 0.372 e. The van der Waals surface area contributed by atoms with Gasteiger partial charge in [0, 0.05) is 19.3 Å². The first-order valence-corrected chi connectivity index (χ1v) is 7.10. The van der Waals surface area contributed by atoms with Gasteiger partial charge in [-0.1, -0.05) is 18.2 Å². The molecule has 0 saturated carbocycles. The minimum atomic E-state index is 0.0374. The van der Waals surface area contributed by atoms with Gasteiger partial charge in [-0.05, 0) is 29.5 Å². The number of thiazole rings is 1. The fourth-order valence-electron chi connectivity index (χ4n) is 2.52. The minimum Gasteiger partial charge on any atom is -0.372 e. The highest BCUT2D eigenvalue weighted by Gasteiger charge is 2.20. The van der Waals surface area contributed by atoms with Crippen molar-refractivity contribution in [1.29, 1.82) is 0 Å². The van der Waals surface area contributed by atoms with Crippen molar-refractivity contribution in [2.75, 3.05) is 13.2 Å². The number of ether oxygens (including phenoxy) is 1. The molecule has 0 saturated heterocycles. The zero-order valence-corrected chi connectivity index (χ0v) is 11.0. The van der Waals surface area contributed by atoms with Crippen molar-refractivity contribution in [3.05, 3.63) is 41.0 Å². The highest BCUT2D eigenvalue weighted by atomic mass is 32.1. The van der Waals surface area contributed by atoms with E-state index in [0.29, 0.717) is 6.54 Å². The van der Waals surface area contributed by atoms with E-state index >= 15 is 0 Å². The number of benzene rings is 1. The van der Waals surface area contributed by atoms with Crippen molar-refractivity contribution >= 4 is 11.3 Å². The van der Waals surface area contributed by atoms with E-state index in [1.807, 2.05) is 11.7 Å². The minimum absolute atomic E-state index is 0.0374. The van der Waals surface area contributed by atoms with E-state index in [-0.39, 0.29) is 6.10 Å². The fraction of sp³-hybridized carbons (Fsp3) is 0.357. The number of fused-ring (bicyclic) bond motifs is 1. The summed E-state index contributed by atoms with van der Waals surface area (Å²) in [6, 6.07) is 6.40. The lowest BCUT2D eigenvalue weighted by molar-refractivity contribution is 0.0627. The second-order valence-electron chi connectivity index (χ2n) is 4.44. The Morgan fingerprint density at radius 1 is 1.44 bits per heavy atom. The number of hydrogen-bond acceptors (Lipinski definition) is 4. The molecule has 0 amide bonds. The molecule has 0 aliphatic carbocycles. The number of hydrogen-bond donors (Lipinski definition) is 1. The summed E-state index contributed by atoms with van der Waals surface area (Å²) in [5, 5.41) is 0. The van der Waals surface area contributed by atoms with Gasteiger partial charge in [-0.15, -0.1) is 11.3 Å². The molecule has 0 radical (unpaired) electrons. The summed E-state index contributed by atoms with van der Waals surface area (Å²) in [5.74, 6) is 0. The lowest BCUT2D eigenvalue weighted by Crippen LogP contribution is -2.16. The van der Waals surface area contributed by atoms with E-state index in [9.17, 15) is 0 Å². The van der Waals surface area contributed by atoms with Gasteiger partial charge < -0.3 is 10.5 Å². The summed E-state index contributed by atoms with van der Waals surface area (Å²) in [4.78, 5) is 5.40. The number of nitrogens with two attached hydrogens (primary N) is 1. The first-order chi connectivity index (χ1) is 8.90. The Morgan fingerprint density at radius 3 is 3.17 bits per heavy atom. The Balaban J connectivity index is 2.12. The summed E-state index contributed by atoms with van der Waals surface area (Å²) < 4.78 is 5.81. The van der Waals surface area contributed by atoms with Crippen LogP contribution in [-0.2, 0) is 11.2 Å². The normalized spacial score (nSPS) is 19.3. The van der Waals surface area contributed by atoms with Gasteiger partial charge in [0.15, 0.2) is 0 Å². The van der Waals surface area contributed by atoms with Gasteiger partial charge in [-0.2, -0.15) is 0 Å². The average molecular weight is 260 g/mol. The molecule has 2 N–H and O–H groups in total. The maximum absolute atomic E-state index is 5.82. The summed E-state index contributed by atoms with van der Waals surface area (Å²) in [6.07, 6.45) is 4.08. The van der Waals surface area contributed by atoms with E-state index in [2.05, 4.69) is 23.2 Å². The van der Waals surface area contributed by atoms with Crippen molar-refractivity contribution < 1.29 is 4.74 Å². The molecule has 0 spiro atoms. The molecule has 1 aromatic heterocycles. The van der Waals surface area contributed by atoms with Crippen LogP contribution in [0.2, 0.25) is 0 Å². The Kier molecular flexibility index (Phi) is 3.41. The molecule has 1 aromatic carbocycles. The van der Waals surface area contributed by atoms with Crippen molar-refractivity contribution in [3.8, 4) is 10.4 Å². The summed E-state index contributed by atoms with van der Waals surface area (Å²) >= 11 is 1.68. The third kappa shape index (κ3) is 2.07. The quantitative estimate of drug-likeness (QED) is 0.903. The molecule has 0 bridgehead atoms. The zero-order valence-electron chi connectivity index (χ0n) is 10.1. The molecule has 1 aliphatic heterocycles. The molecule has 0 fully saturated rings. The molecule has 94 valence electrons. The molecule has 3 rings (SSSR count). The van der Waals surface area contributed by atoms with E-state index < -0.39 is 0 Å². The second kappa shape index (κ2) is 5.18. The molecular formula is C14H16N2OS. The van der Waals surface area contributed by atoms with Gasteiger partial charge in [-0.3, -0.25) is 4.98 Å². The van der Waals surface area contributed by atoms with Gasteiger partial charge in [0.1, 0.15) is 0 Å². The molecule has 4 heteroatoms. The molecule has 18 heavy (non-hydrogen) atoms. The van der Waals surface area contributed by atoms with Gasteiger partial charge in [0.05, 0.1) is 16.5 Å². The van der Waals surface area contributed by atoms with E-state index in [1.165, 1.54) is 21.6 Å². The van der Waals surface area contributed by atoms with Crippen LogP contribution in [-0.4, -0.2) is 18.1 Å². The van der Waals surface area contributed by atoms with Crippen molar-refractivity contribution in [1.82, 2.24) is 4.98 Å². The monoisotopic (exact) mass is 260 g/mol. The molecule has 0 unspecified atom stereocenters. The Morgan fingerprint density at radius 2 is 2.39 bits per heavy atom. The molecular weight excluding hydrogens is 244 g/mol. The zero-order chi connectivity index (χ0) is 12.4. The first-order valence-electron chi connectivity index (χ1n) is 6.22. The van der Waals surface area contributed by atoms with Crippen LogP contribution in [0.4, 0.5) is 0 Å². The average Bonchev–Trinajstić information content (AvgIpc) is 2.85. The third-order valence-electron chi connectivity index (χ3n) is 3.36. The Bertz CT molecular complexity index is 525. The van der Waals surface area contributed by atoms with Crippen LogP contribution < -0.4 is 5.73 Å². The van der Waals surface area contributed by atoms with Crippen LogP contribution in [0.15, 0.2) is 29.9 Å². The standard InChI is InChI=1S/C14H16N2OS/c15-7-13-11-3-1-4-12(14-8-16-9-18-14)10(11)5-2-6-17-13/h1,3-4,8-9,13H,2,5-7,15H2/t13-/m1/s1. The maximum atomic E-state index is 5.82. The van der Waals surface area contributed by atoms with Crippen molar-refractivity contribution in [3.63, 3.8) is 0 Å². The van der Waals surface area contributed by atoms with Gasteiger partial charge in [0.25, 0.3) is 0 Å². The number of aromatic nitrogens is 1. The first kappa shape index (κ1) is 11.8. The van der Waals surface area contributed by atoms with E-state index in [1.54, 1.807) is 11.3 Å². The number of rotatable bonds is 2. The molecule has 2 heterocycles. The predicted molar refractivity (Wildman–Crippen MR) is 73.6 cm³/mol. The van der Waals surface area contributed by atoms with Crippen LogP contribution >= 0.6 is 11.3 Å². The van der Waals surface area contributed by atoms with Crippen LogP contribution in [0.5, 0.6) is 0 Å². The predicted octanol–water partition coefficient (Wildman–Crippen LogP) is 2.77. The fourth-order valence-corrected chi connectivity index (χ4v) is 3.20. The molecule has 3 nitrogen and oxygen atoms in total. The van der Waals surface area contributed by atoms with Crippen LogP contribution in [0.3, 0.4) is 0 Å². The summed E-state index contributed by atoms with van der Waals surface area (Å²) in [6.45, 7) is 1.33. The number of nitrogens with zero attached hydrogens (tertiary/aromatic N) is 1. The highest BCUT2D eigenvalue weighted by molar-refractivity contribution is 7.13. The topological polar surface area (TPSA) is 48.1 Å². The smallest absolute Gasteiger partial charge is 0.0949 e. The highest BCUT2D eigenvalue weighted by Crippen LogP contribution is 2.34. The van der Waals surface area contributed by atoms with Crippen molar-refractivity contribution in [2.45, 2.75) is 18.9 Å². The third-order valence-corrected chi connectivity index (χ3v) is 4.17. The van der Waals surface area contributed by atoms with Gasteiger partial charge in [-0.25, -0.2) is 0 Å². The maximum Gasteiger partial charge on any atom is 0.0949 e. The van der Waals surface area contributed by atoms with Crippen LogP contribution in [0, 0.1) is 0 Å². The second-order valence-corrected chi connectivity index (χ2v) is 5.32. The Labute approximate surface area is 111 Å².